The van der Waals surface area contributed by atoms with E-state index in [1.807, 2.05) is 12.1 Å². The first-order valence-electron chi connectivity index (χ1n) is 7.16. The topological polar surface area (TPSA) is 100 Å². The van der Waals surface area contributed by atoms with E-state index in [0.717, 1.165) is 5.56 Å². The van der Waals surface area contributed by atoms with Gasteiger partial charge in [-0.05, 0) is 24.3 Å². The predicted molar refractivity (Wildman–Crippen MR) is 95.8 cm³/mol. The van der Waals surface area contributed by atoms with Gasteiger partial charge in [-0.3, -0.25) is 15.2 Å². The van der Waals surface area contributed by atoms with Gasteiger partial charge in [0, 0.05) is 17.7 Å². The van der Waals surface area contributed by atoms with Gasteiger partial charge in [-0.2, -0.15) is 5.10 Å². The Morgan fingerprint density at radius 3 is 2.64 bits per heavy atom. The highest BCUT2D eigenvalue weighted by atomic mass is 35.5. The molecular formula is C16H9Cl2N5O2. The Hall–Kier alpha value is -2.90. The number of fused-ring (bicyclic) bond motifs is 1. The van der Waals surface area contributed by atoms with E-state index in [1.54, 1.807) is 18.2 Å². The Balaban J connectivity index is 1.73. The Morgan fingerprint density at radius 1 is 1.04 bits per heavy atom. The Kier molecular flexibility index (Phi) is 3.67. The van der Waals surface area contributed by atoms with Crippen LogP contribution in [0.25, 0.3) is 33.8 Å². The summed E-state index contributed by atoms with van der Waals surface area (Å²) >= 11 is 12.0. The van der Waals surface area contributed by atoms with Gasteiger partial charge in [0.2, 0.25) is 0 Å². The smallest absolute Gasteiger partial charge is 0.271 e. The van der Waals surface area contributed by atoms with Crippen molar-refractivity contribution in [1.82, 2.24) is 20.2 Å². The maximum absolute atomic E-state index is 10.9. The van der Waals surface area contributed by atoms with Gasteiger partial charge >= 0.3 is 0 Å². The Labute approximate surface area is 150 Å². The monoisotopic (exact) mass is 373 g/mol. The number of nitrogens with zero attached hydrogens (tertiary/aromatic N) is 3. The van der Waals surface area contributed by atoms with Crippen LogP contribution < -0.4 is 0 Å². The number of imidazole rings is 1. The lowest BCUT2D eigenvalue weighted by Crippen LogP contribution is -1.86. The lowest BCUT2D eigenvalue weighted by atomic mass is 10.1. The largest absolute Gasteiger partial charge is 0.336 e. The van der Waals surface area contributed by atoms with Gasteiger partial charge in [0.25, 0.3) is 5.69 Å². The van der Waals surface area contributed by atoms with Gasteiger partial charge in [0.1, 0.15) is 5.69 Å². The first-order chi connectivity index (χ1) is 12.0. The predicted octanol–water partition coefficient (Wildman–Crippen LogP) is 4.84. The third-order valence-electron chi connectivity index (χ3n) is 3.72. The van der Waals surface area contributed by atoms with Crippen molar-refractivity contribution in [3.05, 3.63) is 62.6 Å². The van der Waals surface area contributed by atoms with E-state index in [0.29, 0.717) is 38.3 Å². The van der Waals surface area contributed by atoms with Crippen LogP contribution in [0.5, 0.6) is 0 Å². The summed E-state index contributed by atoms with van der Waals surface area (Å²) in [4.78, 5) is 17.9. The maximum Gasteiger partial charge on any atom is 0.271 e. The molecule has 2 aromatic carbocycles. The maximum atomic E-state index is 10.9. The molecule has 7 nitrogen and oxygen atoms in total. The van der Waals surface area contributed by atoms with E-state index in [9.17, 15) is 10.1 Å². The molecule has 0 aliphatic carbocycles. The molecule has 0 amide bonds. The van der Waals surface area contributed by atoms with E-state index in [-0.39, 0.29) is 5.69 Å². The molecule has 2 heterocycles. The second-order valence-corrected chi connectivity index (χ2v) is 6.15. The van der Waals surface area contributed by atoms with Crippen LogP contribution in [0.2, 0.25) is 10.0 Å². The van der Waals surface area contributed by atoms with Crippen LogP contribution in [-0.2, 0) is 0 Å². The van der Waals surface area contributed by atoms with Crippen LogP contribution in [-0.4, -0.2) is 25.1 Å². The number of hydrogen-bond donors (Lipinski definition) is 2. The summed E-state index contributed by atoms with van der Waals surface area (Å²) in [6.45, 7) is 0. The Bertz CT molecular complexity index is 1120. The normalized spacial score (nSPS) is 11.1. The molecule has 0 aliphatic rings. The van der Waals surface area contributed by atoms with Crippen molar-refractivity contribution >= 4 is 39.9 Å². The second-order valence-electron chi connectivity index (χ2n) is 5.34. The molecule has 0 spiro atoms. The number of H-pyrrole nitrogens is 2. The van der Waals surface area contributed by atoms with Gasteiger partial charge in [-0.15, -0.1) is 0 Å². The zero-order valence-corrected chi connectivity index (χ0v) is 14.0. The molecule has 25 heavy (non-hydrogen) atoms. The fourth-order valence-corrected chi connectivity index (χ4v) is 2.78. The fourth-order valence-electron chi connectivity index (χ4n) is 2.49. The number of aromatic amines is 2. The lowest BCUT2D eigenvalue weighted by molar-refractivity contribution is -0.384. The molecule has 0 bridgehead atoms. The molecule has 2 N–H and O–H groups in total. The molecule has 2 aromatic heterocycles. The van der Waals surface area contributed by atoms with Crippen molar-refractivity contribution in [2.75, 3.05) is 0 Å². The number of aromatic nitrogens is 4. The van der Waals surface area contributed by atoms with Crippen molar-refractivity contribution in [2.24, 2.45) is 0 Å². The molecular weight excluding hydrogens is 365 g/mol. The molecule has 4 rings (SSSR count). The molecule has 0 fully saturated rings. The zero-order chi connectivity index (χ0) is 17.6. The highest BCUT2D eigenvalue weighted by molar-refractivity contribution is 6.42. The number of rotatable bonds is 3. The average Bonchev–Trinajstić information content (AvgIpc) is 3.22. The lowest BCUT2D eigenvalue weighted by Gasteiger charge is -1.98. The highest BCUT2D eigenvalue weighted by Gasteiger charge is 2.13. The first kappa shape index (κ1) is 15.6. The third-order valence-corrected chi connectivity index (χ3v) is 4.46. The molecule has 0 unspecified atom stereocenters. The van der Waals surface area contributed by atoms with Crippen molar-refractivity contribution in [2.45, 2.75) is 0 Å². The first-order valence-corrected chi connectivity index (χ1v) is 7.92. The fraction of sp³-hybridized carbons (Fsp3) is 0. The number of hydrogen-bond acceptors (Lipinski definition) is 4. The van der Waals surface area contributed by atoms with Crippen molar-refractivity contribution in [3.63, 3.8) is 0 Å². The summed E-state index contributed by atoms with van der Waals surface area (Å²) < 4.78 is 0. The van der Waals surface area contributed by atoms with Crippen LogP contribution >= 0.6 is 23.2 Å². The van der Waals surface area contributed by atoms with E-state index >= 15 is 0 Å². The molecule has 0 atom stereocenters. The number of nitro benzene ring substituents is 1. The summed E-state index contributed by atoms with van der Waals surface area (Å²) in [6, 6.07) is 11.5. The summed E-state index contributed by atoms with van der Waals surface area (Å²) in [5.74, 6) is 0.536. The van der Waals surface area contributed by atoms with E-state index in [2.05, 4.69) is 20.2 Å². The van der Waals surface area contributed by atoms with Gasteiger partial charge in [-0.25, -0.2) is 4.98 Å². The van der Waals surface area contributed by atoms with Crippen molar-refractivity contribution in [1.29, 1.82) is 0 Å². The van der Waals surface area contributed by atoms with E-state index < -0.39 is 4.92 Å². The van der Waals surface area contributed by atoms with Gasteiger partial charge in [-0.1, -0.05) is 29.3 Å². The third kappa shape index (κ3) is 2.84. The molecule has 0 aliphatic heterocycles. The summed E-state index contributed by atoms with van der Waals surface area (Å²) in [7, 11) is 0. The summed E-state index contributed by atoms with van der Waals surface area (Å²) in [6.07, 6.45) is 0. The minimum Gasteiger partial charge on any atom is -0.336 e. The van der Waals surface area contributed by atoms with Crippen LogP contribution in [0, 0.1) is 10.1 Å². The van der Waals surface area contributed by atoms with Crippen LogP contribution in [0.15, 0.2) is 42.5 Å². The average molecular weight is 374 g/mol. The van der Waals surface area contributed by atoms with Gasteiger partial charge < -0.3 is 4.98 Å². The van der Waals surface area contributed by atoms with Gasteiger partial charge in [0.15, 0.2) is 5.82 Å². The van der Waals surface area contributed by atoms with E-state index in [4.69, 9.17) is 23.2 Å². The Morgan fingerprint density at radius 2 is 1.88 bits per heavy atom. The van der Waals surface area contributed by atoms with Crippen LogP contribution in [0.4, 0.5) is 5.69 Å². The number of nitrogens with one attached hydrogen (secondary N) is 2. The minimum atomic E-state index is -0.446. The quantitative estimate of drug-likeness (QED) is 0.396. The number of halogens is 2. The molecule has 4 aromatic rings. The highest BCUT2D eigenvalue weighted by Crippen LogP contribution is 2.29. The minimum absolute atomic E-state index is 0.00352. The molecule has 0 saturated heterocycles. The molecule has 0 saturated carbocycles. The number of non-ortho nitro benzene ring substituents is 1. The summed E-state index contributed by atoms with van der Waals surface area (Å²) in [5, 5.41) is 18.9. The number of benzene rings is 2. The SMILES string of the molecule is O=[N+]([O-])c1ccc2nc(-c3cc(-c4ccc(Cl)c(Cl)c4)n[nH]3)[nH]c2c1. The van der Waals surface area contributed by atoms with Crippen LogP contribution in [0.1, 0.15) is 0 Å². The number of nitro groups is 1. The van der Waals surface area contributed by atoms with E-state index in [1.165, 1.54) is 12.1 Å². The van der Waals surface area contributed by atoms with Gasteiger partial charge in [0.05, 0.1) is 31.7 Å². The zero-order valence-electron chi connectivity index (χ0n) is 12.5. The second kappa shape index (κ2) is 5.87. The molecule has 9 heteroatoms. The standard InChI is InChI=1S/C16H9Cl2N5O2/c17-10-3-1-8(5-11(10)18)13-7-15(22-21-13)16-19-12-4-2-9(23(24)25)6-14(12)20-16/h1-7H,(H,19,20)(H,21,22). The van der Waals surface area contributed by atoms with Crippen molar-refractivity contribution in [3.8, 4) is 22.8 Å². The van der Waals surface area contributed by atoms with Crippen molar-refractivity contribution < 1.29 is 4.92 Å². The molecule has 0 radical (unpaired) electrons. The van der Waals surface area contributed by atoms with Crippen LogP contribution in [0.3, 0.4) is 0 Å². The summed E-state index contributed by atoms with van der Waals surface area (Å²) in [5.41, 5.74) is 3.36. The molecule has 124 valence electrons.